The summed E-state index contributed by atoms with van der Waals surface area (Å²) in [7, 11) is 0. The molecule has 3 aromatic carbocycles. The zero-order valence-electron chi connectivity index (χ0n) is 29.8. The quantitative estimate of drug-likeness (QED) is 0.0955. The molecule has 52 heavy (non-hydrogen) atoms. The number of hydrogen-bond acceptors (Lipinski definition) is 10. The molecular formula is C40H44ClN7O4. The first-order chi connectivity index (χ1) is 25.3. The van der Waals surface area contributed by atoms with Crippen LogP contribution in [0.4, 0.5) is 0 Å². The fraction of sp³-hybridized carbons (Fsp3) is 0.350. The number of benzene rings is 3. The lowest BCUT2D eigenvalue weighted by Crippen LogP contribution is -2.24. The number of rotatable bonds is 16. The van der Waals surface area contributed by atoms with E-state index in [0.29, 0.717) is 48.5 Å². The Morgan fingerprint density at radius 1 is 0.942 bits per heavy atom. The van der Waals surface area contributed by atoms with Gasteiger partial charge in [-0.1, -0.05) is 41.9 Å². The fourth-order valence-electron chi connectivity index (χ4n) is 6.35. The molecule has 1 unspecified atom stereocenters. The Bertz CT molecular complexity index is 2030. The van der Waals surface area contributed by atoms with Gasteiger partial charge in [-0.05, 0) is 79.6 Å². The minimum absolute atomic E-state index is 0.127. The van der Waals surface area contributed by atoms with Gasteiger partial charge < -0.3 is 34.5 Å². The van der Waals surface area contributed by atoms with Crippen molar-refractivity contribution in [2.75, 3.05) is 26.2 Å². The summed E-state index contributed by atoms with van der Waals surface area (Å²) in [4.78, 5) is 17.9. The van der Waals surface area contributed by atoms with Crippen molar-refractivity contribution in [3.05, 3.63) is 117 Å². The number of β-amino-alcohol motifs (C(OH)–C–C–N with tert-alkyl or cyclic N) is 1. The number of nitriles is 1. The standard InChI is InChI=1S/C40H44ClN7O4/c1-26-29(7-4-8-33(26)34-9-5-10-37(27(34)2)50-16-6-14-48-15-12-32(49)22-48)23-51-39-18-38(52-24-36-28(3)45-25-46-36)30(17-35(39)41)20-43-21-31-11-13-44-40(19-42)47-31/h4-5,7-11,13,17-18,25,32,43,49H,6,12,14-16,20-24H2,1-3H3,(H,45,46). The molecule has 12 heteroatoms. The molecule has 270 valence electrons. The molecule has 1 fully saturated rings. The monoisotopic (exact) mass is 721 g/mol. The summed E-state index contributed by atoms with van der Waals surface area (Å²) in [6.07, 6.45) is 4.78. The van der Waals surface area contributed by atoms with Crippen LogP contribution in [0.3, 0.4) is 0 Å². The van der Waals surface area contributed by atoms with E-state index >= 15 is 0 Å². The number of halogens is 1. The molecule has 3 N–H and O–H groups in total. The molecule has 11 nitrogen and oxygen atoms in total. The van der Waals surface area contributed by atoms with E-state index in [1.54, 1.807) is 18.6 Å². The van der Waals surface area contributed by atoms with Crippen LogP contribution in [0.15, 0.2) is 67.1 Å². The first kappa shape index (κ1) is 36.8. The van der Waals surface area contributed by atoms with Crippen molar-refractivity contribution in [1.82, 2.24) is 30.2 Å². The molecular weight excluding hydrogens is 678 g/mol. The molecule has 3 heterocycles. The number of aliphatic hydroxyl groups is 1. The van der Waals surface area contributed by atoms with Gasteiger partial charge in [0.15, 0.2) is 0 Å². The molecule has 2 aromatic heterocycles. The molecule has 1 atom stereocenters. The summed E-state index contributed by atoms with van der Waals surface area (Å²) in [6.45, 7) is 10.9. The highest BCUT2D eigenvalue weighted by molar-refractivity contribution is 6.32. The molecule has 1 aliphatic rings. The highest BCUT2D eigenvalue weighted by Gasteiger charge is 2.20. The highest BCUT2D eigenvalue weighted by Crippen LogP contribution is 2.36. The Morgan fingerprint density at radius 3 is 2.52 bits per heavy atom. The van der Waals surface area contributed by atoms with Crippen molar-refractivity contribution in [1.29, 1.82) is 5.26 Å². The largest absolute Gasteiger partial charge is 0.493 e. The zero-order valence-corrected chi connectivity index (χ0v) is 30.5. The van der Waals surface area contributed by atoms with Crippen LogP contribution in [0.2, 0.25) is 5.02 Å². The number of nitrogens with one attached hydrogen (secondary N) is 2. The summed E-state index contributed by atoms with van der Waals surface area (Å²) in [6, 6.07) is 19.9. The van der Waals surface area contributed by atoms with E-state index in [1.807, 2.05) is 43.3 Å². The molecule has 1 aliphatic heterocycles. The molecule has 0 bridgehead atoms. The van der Waals surface area contributed by atoms with Crippen molar-refractivity contribution in [3.8, 4) is 34.4 Å². The summed E-state index contributed by atoms with van der Waals surface area (Å²) >= 11 is 6.82. The summed E-state index contributed by atoms with van der Waals surface area (Å²) in [5.41, 5.74) is 8.75. The summed E-state index contributed by atoms with van der Waals surface area (Å²) < 4.78 is 18.9. The average Bonchev–Trinajstić information content (AvgIpc) is 3.77. The van der Waals surface area contributed by atoms with Gasteiger partial charge in [0, 0.05) is 56.2 Å². The number of aliphatic hydroxyl groups excluding tert-OH is 1. The Labute approximate surface area is 309 Å². The summed E-state index contributed by atoms with van der Waals surface area (Å²) in [5, 5.41) is 22.8. The number of aromatic amines is 1. The smallest absolute Gasteiger partial charge is 0.232 e. The van der Waals surface area contributed by atoms with Gasteiger partial charge in [-0.3, -0.25) is 0 Å². The second-order valence-electron chi connectivity index (χ2n) is 13.0. The van der Waals surface area contributed by atoms with Gasteiger partial charge >= 0.3 is 0 Å². The first-order valence-electron chi connectivity index (χ1n) is 17.5. The maximum Gasteiger partial charge on any atom is 0.232 e. The van der Waals surface area contributed by atoms with E-state index in [0.717, 1.165) is 83.0 Å². The number of imidazole rings is 1. The van der Waals surface area contributed by atoms with Crippen LogP contribution in [0.25, 0.3) is 11.1 Å². The number of ether oxygens (including phenoxy) is 3. The van der Waals surface area contributed by atoms with Gasteiger partial charge in [-0.25, -0.2) is 15.0 Å². The molecule has 0 amide bonds. The first-order valence-corrected chi connectivity index (χ1v) is 17.9. The number of aromatic nitrogens is 4. The van der Waals surface area contributed by atoms with Crippen molar-refractivity contribution in [3.63, 3.8) is 0 Å². The normalized spacial score (nSPS) is 14.3. The lowest BCUT2D eigenvalue weighted by Gasteiger charge is -2.18. The van der Waals surface area contributed by atoms with E-state index in [9.17, 15) is 5.11 Å². The number of hydrogen-bond donors (Lipinski definition) is 3. The Morgan fingerprint density at radius 2 is 1.75 bits per heavy atom. The topological polar surface area (TPSA) is 141 Å². The molecule has 0 aliphatic carbocycles. The lowest BCUT2D eigenvalue weighted by atomic mass is 9.93. The Balaban J connectivity index is 1.14. The molecule has 1 saturated heterocycles. The predicted molar refractivity (Wildman–Crippen MR) is 199 cm³/mol. The van der Waals surface area contributed by atoms with E-state index in [1.165, 1.54) is 0 Å². The van der Waals surface area contributed by atoms with Crippen LogP contribution in [-0.4, -0.2) is 62.3 Å². The van der Waals surface area contributed by atoms with Crippen LogP contribution in [-0.2, 0) is 26.3 Å². The van der Waals surface area contributed by atoms with Crippen LogP contribution in [0, 0.1) is 32.1 Å². The zero-order chi connectivity index (χ0) is 36.5. The fourth-order valence-corrected chi connectivity index (χ4v) is 6.59. The highest BCUT2D eigenvalue weighted by atomic mass is 35.5. The van der Waals surface area contributed by atoms with E-state index in [-0.39, 0.29) is 18.5 Å². The van der Waals surface area contributed by atoms with Gasteiger partial charge in [-0.15, -0.1) is 0 Å². The van der Waals surface area contributed by atoms with Gasteiger partial charge in [0.25, 0.3) is 0 Å². The SMILES string of the molecule is Cc1[nH]cnc1COc1cc(OCc2cccc(-c3cccc(OCCCN4CCC(O)C4)c3C)c2C)c(Cl)cc1CNCc1ccnc(C#N)n1. The van der Waals surface area contributed by atoms with Crippen LogP contribution in [0.5, 0.6) is 17.2 Å². The third-order valence-electron chi connectivity index (χ3n) is 9.38. The molecule has 5 aromatic rings. The minimum Gasteiger partial charge on any atom is -0.493 e. The minimum atomic E-state index is -0.202. The van der Waals surface area contributed by atoms with Gasteiger partial charge in [0.05, 0.1) is 35.4 Å². The second kappa shape index (κ2) is 17.5. The molecule has 6 rings (SSSR count). The maximum absolute atomic E-state index is 9.80. The van der Waals surface area contributed by atoms with Crippen LogP contribution in [0.1, 0.15) is 58.0 Å². The third kappa shape index (κ3) is 9.26. The van der Waals surface area contributed by atoms with E-state index in [2.05, 4.69) is 62.2 Å². The number of likely N-dealkylation sites (tertiary alicyclic amines) is 1. The molecule has 0 saturated carbocycles. The Hall–Kier alpha value is -4.99. The van der Waals surface area contributed by atoms with Crippen molar-refractivity contribution >= 4 is 11.6 Å². The third-order valence-corrected chi connectivity index (χ3v) is 9.67. The molecule has 0 radical (unpaired) electrons. The van der Waals surface area contributed by atoms with E-state index in [4.69, 9.17) is 31.1 Å². The molecule has 0 spiro atoms. The van der Waals surface area contributed by atoms with E-state index < -0.39 is 0 Å². The van der Waals surface area contributed by atoms with Crippen LogP contribution >= 0.6 is 11.6 Å². The van der Waals surface area contributed by atoms with Crippen LogP contribution < -0.4 is 19.5 Å². The maximum atomic E-state index is 9.80. The van der Waals surface area contributed by atoms with Crippen molar-refractivity contribution in [2.24, 2.45) is 0 Å². The predicted octanol–water partition coefficient (Wildman–Crippen LogP) is 6.60. The number of aryl methyl sites for hydroxylation is 1. The number of H-pyrrole nitrogens is 1. The average molecular weight is 722 g/mol. The number of nitrogens with zero attached hydrogens (tertiary/aromatic N) is 5. The summed E-state index contributed by atoms with van der Waals surface area (Å²) in [5.74, 6) is 2.13. The van der Waals surface area contributed by atoms with Crippen molar-refractivity contribution in [2.45, 2.75) is 66.0 Å². The van der Waals surface area contributed by atoms with Gasteiger partial charge in [-0.2, -0.15) is 5.26 Å². The van der Waals surface area contributed by atoms with Gasteiger partial charge in [0.1, 0.15) is 36.5 Å². The lowest BCUT2D eigenvalue weighted by molar-refractivity contribution is 0.173. The van der Waals surface area contributed by atoms with Gasteiger partial charge in [0.2, 0.25) is 5.82 Å². The Kier molecular flexibility index (Phi) is 12.4. The van der Waals surface area contributed by atoms with Crippen molar-refractivity contribution < 1.29 is 19.3 Å². The second-order valence-corrected chi connectivity index (χ2v) is 13.4.